The smallest absolute Gasteiger partial charge is 0.230 e. The van der Waals surface area contributed by atoms with Crippen LogP contribution in [0.3, 0.4) is 0 Å². The zero-order valence-electron chi connectivity index (χ0n) is 12.6. The van der Waals surface area contributed by atoms with Gasteiger partial charge in [-0.05, 0) is 57.6 Å². The average Bonchev–Trinajstić information content (AvgIpc) is 3.25. The molecular weight excluding hydrogens is 252 g/mol. The molecule has 0 bridgehead atoms. The summed E-state index contributed by atoms with van der Waals surface area (Å²) >= 11 is 0. The maximum atomic E-state index is 12.4. The molecule has 1 aromatic carbocycles. The molecule has 1 fully saturated rings. The summed E-state index contributed by atoms with van der Waals surface area (Å²) in [6, 6.07) is 7.86. The Morgan fingerprint density at radius 3 is 2.45 bits per heavy atom. The second kappa shape index (κ2) is 6.27. The number of methoxy groups -OCH3 is 1. The molecule has 0 radical (unpaired) electrons. The lowest BCUT2D eigenvalue weighted by molar-refractivity contribution is -0.123. The van der Waals surface area contributed by atoms with Gasteiger partial charge >= 0.3 is 0 Å². The van der Waals surface area contributed by atoms with Crippen molar-refractivity contribution in [1.29, 1.82) is 0 Å². The summed E-state index contributed by atoms with van der Waals surface area (Å²) < 4.78 is 5.16. The van der Waals surface area contributed by atoms with Crippen molar-refractivity contribution in [3.63, 3.8) is 0 Å². The second-order valence-electron chi connectivity index (χ2n) is 5.72. The molecule has 2 rings (SSSR count). The molecule has 1 aliphatic carbocycles. The van der Waals surface area contributed by atoms with Crippen molar-refractivity contribution in [2.45, 2.75) is 24.7 Å². The summed E-state index contributed by atoms with van der Waals surface area (Å²) in [7, 11) is 5.74. The molecule has 0 heterocycles. The van der Waals surface area contributed by atoms with Crippen LogP contribution in [-0.4, -0.2) is 45.1 Å². The monoisotopic (exact) mass is 276 g/mol. The van der Waals surface area contributed by atoms with Gasteiger partial charge in [0.2, 0.25) is 5.91 Å². The third-order valence-corrected chi connectivity index (χ3v) is 3.89. The second-order valence-corrected chi connectivity index (χ2v) is 5.72. The highest BCUT2D eigenvalue weighted by Gasteiger charge is 2.50. The predicted octanol–water partition coefficient (Wildman–Crippen LogP) is 1.79. The van der Waals surface area contributed by atoms with E-state index in [-0.39, 0.29) is 11.3 Å². The standard InChI is InChI=1S/C16H24N2O2/c1-18(2)12-4-11-17-15(19)16(9-10-16)13-5-7-14(20-3)8-6-13/h5-8H,4,9-12H2,1-3H3,(H,17,19). The maximum Gasteiger partial charge on any atom is 0.230 e. The first-order chi connectivity index (χ1) is 9.58. The average molecular weight is 276 g/mol. The number of hydrogen-bond acceptors (Lipinski definition) is 3. The van der Waals surface area contributed by atoms with Crippen LogP contribution in [0.15, 0.2) is 24.3 Å². The van der Waals surface area contributed by atoms with E-state index in [1.54, 1.807) is 7.11 Å². The Bertz CT molecular complexity index is 450. The fourth-order valence-corrected chi connectivity index (χ4v) is 2.45. The number of rotatable bonds is 7. The van der Waals surface area contributed by atoms with Crippen LogP contribution in [0, 0.1) is 0 Å². The summed E-state index contributed by atoms with van der Waals surface area (Å²) in [6.07, 6.45) is 2.87. The number of nitrogens with zero attached hydrogens (tertiary/aromatic N) is 1. The Balaban J connectivity index is 1.91. The fourth-order valence-electron chi connectivity index (χ4n) is 2.45. The molecule has 4 heteroatoms. The number of hydrogen-bond donors (Lipinski definition) is 1. The molecule has 0 atom stereocenters. The van der Waals surface area contributed by atoms with Gasteiger partial charge < -0.3 is 15.0 Å². The van der Waals surface area contributed by atoms with Gasteiger partial charge in [-0.2, -0.15) is 0 Å². The molecule has 0 saturated heterocycles. The van der Waals surface area contributed by atoms with Crippen molar-refractivity contribution in [2.75, 3.05) is 34.3 Å². The van der Waals surface area contributed by atoms with E-state index in [4.69, 9.17) is 4.74 Å². The lowest BCUT2D eigenvalue weighted by Gasteiger charge is -2.17. The van der Waals surface area contributed by atoms with Gasteiger partial charge in [-0.25, -0.2) is 0 Å². The quantitative estimate of drug-likeness (QED) is 0.772. The highest BCUT2D eigenvalue weighted by Crippen LogP contribution is 2.48. The Morgan fingerprint density at radius 1 is 1.30 bits per heavy atom. The number of carbonyl (C=O) groups excluding carboxylic acids is 1. The van der Waals surface area contributed by atoms with E-state index in [0.717, 1.165) is 43.7 Å². The van der Waals surface area contributed by atoms with E-state index in [1.165, 1.54) is 0 Å². The first kappa shape index (κ1) is 14.9. The van der Waals surface area contributed by atoms with Crippen molar-refractivity contribution in [3.05, 3.63) is 29.8 Å². The number of benzene rings is 1. The van der Waals surface area contributed by atoms with Gasteiger partial charge in [0, 0.05) is 6.54 Å². The first-order valence-corrected chi connectivity index (χ1v) is 7.16. The van der Waals surface area contributed by atoms with Crippen LogP contribution in [0.25, 0.3) is 0 Å². The highest BCUT2D eigenvalue weighted by atomic mass is 16.5. The minimum absolute atomic E-state index is 0.168. The van der Waals surface area contributed by atoms with E-state index in [0.29, 0.717) is 0 Å². The van der Waals surface area contributed by atoms with Gasteiger partial charge in [0.05, 0.1) is 12.5 Å². The lowest BCUT2D eigenvalue weighted by atomic mass is 9.95. The molecule has 1 saturated carbocycles. The van der Waals surface area contributed by atoms with Gasteiger partial charge in [-0.3, -0.25) is 4.79 Å². The number of amides is 1. The summed E-state index contributed by atoms with van der Waals surface area (Å²) in [6.45, 7) is 1.74. The van der Waals surface area contributed by atoms with Crippen molar-refractivity contribution in [1.82, 2.24) is 10.2 Å². The van der Waals surface area contributed by atoms with Gasteiger partial charge in [-0.1, -0.05) is 12.1 Å². The van der Waals surface area contributed by atoms with E-state index < -0.39 is 0 Å². The number of ether oxygens (including phenoxy) is 1. The molecule has 0 aliphatic heterocycles. The normalized spacial score (nSPS) is 16.0. The summed E-state index contributed by atoms with van der Waals surface area (Å²) in [4.78, 5) is 14.5. The van der Waals surface area contributed by atoms with Crippen LogP contribution >= 0.6 is 0 Å². The SMILES string of the molecule is COc1ccc(C2(C(=O)NCCCN(C)C)CC2)cc1. The Kier molecular flexibility index (Phi) is 4.65. The Labute approximate surface area is 121 Å². The zero-order valence-corrected chi connectivity index (χ0v) is 12.6. The van der Waals surface area contributed by atoms with Gasteiger partial charge in [0.15, 0.2) is 0 Å². The minimum Gasteiger partial charge on any atom is -0.497 e. The first-order valence-electron chi connectivity index (χ1n) is 7.16. The van der Waals surface area contributed by atoms with Crippen molar-refractivity contribution in [2.24, 2.45) is 0 Å². The van der Waals surface area contributed by atoms with Crippen molar-refractivity contribution < 1.29 is 9.53 Å². The zero-order chi connectivity index (χ0) is 14.6. The molecule has 1 aromatic rings. The molecule has 20 heavy (non-hydrogen) atoms. The topological polar surface area (TPSA) is 41.6 Å². The highest BCUT2D eigenvalue weighted by molar-refractivity contribution is 5.91. The van der Waals surface area contributed by atoms with Crippen molar-refractivity contribution in [3.8, 4) is 5.75 Å². The Morgan fingerprint density at radius 2 is 1.95 bits per heavy atom. The fraction of sp³-hybridized carbons (Fsp3) is 0.562. The molecule has 0 spiro atoms. The van der Waals surface area contributed by atoms with Gasteiger partial charge in [-0.15, -0.1) is 0 Å². The van der Waals surface area contributed by atoms with Crippen LogP contribution in [0.2, 0.25) is 0 Å². The summed E-state index contributed by atoms with van der Waals surface area (Å²) in [5, 5.41) is 3.07. The van der Waals surface area contributed by atoms with Crippen LogP contribution < -0.4 is 10.1 Å². The number of nitrogens with one attached hydrogen (secondary N) is 1. The third kappa shape index (κ3) is 3.31. The summed E-state index contributed by atoms with van der Waals surface area (Å²) in [5.74, 6) is 0.998. The van der Waals surface area contributed by atoms with Crippen molar-refractivity contribution >= 4 is 5.91 Å². The third-order valence-electron chi connectivity index (χ3n) is 3.89. The molecule has 1 aliphatic rings. The molecule has 1 N–H and O–H groups in total. The molecule has 0 unspecified atom stereocenters. The molecule has 0 aromatic heterocycles. The molecule has 1 amide bonds. The molecule has 110 valence electrons. The Hall–Kier alpha value is -1.55. The maximum absolute atomic E-state index is 12.4. The van der Waals surface area contributed by atoms with E-state index in [9.17, 15) is 4.79 Å². The predicted molar refractivity (Wildman–Crippen MR) is 80.1 cm³/mol. The lowest BCUT2D eigenvalue weighted by Crippen LogP contribution is -2.36. The van der Waals surface area contributed by atoms with Gasteiger partial charge in [0.25, 0.3) is 0 Å². The van der Waals surface area contributed by atoms with Gasteiger partial charge in [0.1, 0.15) is 5.75 Å². The number of carbonyl (C=O) groups is 1. The summed E-state index contributed by atoms with van der Waals surface area (Å²) in [5.41, 5.74) is 0.813. The van der Waals surface area contributed by atoms with E-state index in [1.807, 2.05) is 38.4 Å². The van der Waals surface area contributed by atoms with E-state index in [2.05, 4.69) is 10.2 Å². The van der Waals surface area contributed by atoms with E-state index >= 15 is 0 Å². The van der Waals surface area contributed by atoms with Crippen LogP contribution in [0.1, 0.15) is 24.8 Å². The van der Waals surface area contributed by atoms with Crippen LogP contribution in [-0.2, 0) is 10.2 Å². The minimum atomic E-state index is -0.287. The van der Waals surface area contributed by atoms with Crippen LogP contribution in [0.5, 0.6) is 5.75 Å². The molecule has 4 nitrogen and oxygen atoms in total. The largest absolute Gasteiger partial charge is 0.497 e. The van der Waals surface area contributed by atoms with Crippen LogP contribution in [0.4, 0.5) is 0 Å². The molecular formula is C16H24N2O2.